The van der Waals surface area contributed by atoms with Crippen molar-refractivity contribution in [3.05, 3.63) is 56.8 Å². The zero-order valence-electron chi connectivity index (χ0n) is 12.9. The van der Waals surface area contributed by atoms with Crippen molar-refractivity contribution >= 4 is 45.9 Å². The summed E-state index contributed by atoms with van der Waals surface area (Å²) < 4.78 is 81.5. The highest BCUT2D eigenvalue weighted by Crippen LogP contribution is 2.43. The Morgan fingerprint density at radius 2 is 1.59 bits per heavy atom. The van der Waals surface area contributed by atoms with Gasteiger partial charge in [0.15, 0.2) is 0 Å². The second kappa shape index (κ2) is 7.70. The first-order chi connectivity index (χ1) is 12.4. The molecule has 1 aromatic carbocycles. The minimum absolute atomic E-state index is 0.00745. The van der Waals surface area contributed by atoms with Gasteiger partial charge in [0, 0.05) is 9.77 Å². The molecule has 0 saturated carbocycles. The van der Waals surface area contributed by atoms with Crippen LogP contribution in [0, 0.1) is 3.57 Å². The molecule has 0 aliphatic carbocycles. The van der Waals surface area contributed by atoms with E-state index in [1.165, 1.54) is 23.5 Å². The first kappa shape index (κ1) is 21.5. The fourth-order valence-corrected chi connectivity index (χ4v) is 2.74. The largest absolute Gasteiger partial charge is 0.439 e. The molecule has 0 unspecified atom stereocenters. The van der Waals surface area contributed by atoms with Gasteiger partial charge in [-0.25, -0.2) is 4.98 Å². The van der Waals surface area contributed by atoms with Gasteiger partial charge < -0.3 is 10.6 Å². The van der Waals surface area contributed by atoms with E-state index in [0.29, 0.717) is 0 Å². The number of hydrogen-bond acceptors (Lipinski definition) is 3. The maximum absolute atomic E-state index is 13.6. The summed E-state index contributed by atoms with van der Waals surface area (Å²) in [4.78, 5) is 15.6. The normalized spacial score (nSPS) is 12.6. The van der Waals surface area contributed by atoms with E-state index in [0.717, 1.165) is 29.7 Å². The lowest BCUT2D eigenvalue weighted by Crippen LogP contribution is -2.72. The zero-order chi connectivity index (χ0) is 20.5. The van der Waals surface area contributed by atoms with E-state index in [1.807, 2.05) is 0 Å². The first-order valence-electron chi connectivity index (χ1n) is 6.97. The van der Waals surface area contributed by atoms with Crippen LogP contribution in [0.25, 0.3) is 0 Å². The van der Waals surface area contributed by atoms with Crippen LogP contribution in [0.3, 0.4) is 0 Å². The Morgan fingerprint density at radius 3 is 2.07 bits per heavy atom. The zero-order valence-corrected chi connectivity index (χ0v) is 15.8. The molecule has 0 atom stereocenters. The molecular weight excluding hydrogens is 515 g/mol. The number of alkyl halides is 6. The van der Waals surface area contributed by atoms with Crippen LogP contribution in [-0.2, 0) is 0 Å². The first-order valence-corrected chi connectivity index (χ1v) is 8.43. The average molecular weight is 524 g/mol. The van der Waals surface area contributed by atoms with Crippen LogP contribution in [0.15, 0.2) is 42.6 Å². The highest BCUT2D eigenvalue weighted by atomic mass is 127. The number of pyridine rings is 1. The van der Waals surface area contributed by atoms with Crippen molar-refractivity contribution in [3.8, 4) is 0 Å². The maximum Gasteiger partial charge on any atom is 0.439 e. The highest BCUT2D eigenvalue weighted by molar-refractivity contribution is 14.1. The number of rotatable bonds is 4. The third kappa shape index (κ3) is 4.57. The number of nitrogens with one attached hydrogen (secondary N) is 2. The highest BCUT2D eigenvalue weighted by Gasteiger charge is 2.72. The topological polar surface area (TPSA) is 54.0 Å². The molecule has 2 N–H and O–H groups in total. The molecule has 2 rings (SSSR count). The van der Waals surface area contributed by atoms with E-state index in [2.05, 4.69) is 4.98 Å². The van der Waals surface area contributed by atoms with Crippen LogP contribution in [0.5, 0.6) is 0 Å². The molecule has 0 bridgehead atoms. The summed E-state index contributed by atoms with van der Waals surface area (Å²) in [5.74, 6) is -2.34. The minimum atomic E-state index is -5.94. The van der Waals surface area contributed by atoms with Gasteiger partial charge in [0.05, 0.1) is 10.6 Å². The molecule has 0 spiro atoms. The second-order valence-corrected chi connectivity index (χ2v) is 6.76. The van der Waals surface area contributed by atoms with Crippen molar-refractivity contribution in [3.63, 3.8) is 0 Å². The van der Waals surface area contributed by atoms with Crippen LogP contribution in [0.2, 0.25) is 5.02 Å². The van der Waals surface area contributed by atoms with Gasteiger partial charge in [-0.15, -0.1) is 0 Å². The smallest absolute Gasteiger partial charge is 0.332 e. The monoisotopic (exact) mass is 523 g/mol. The molecular formula is C15H9ClF6IN3O. The Kier molecular flexibility index (Phi) is 6.14. The molecule has 0 aliphatic rings. The quantitative estimate of drug-likeness (QED) is 0.337. The fraction of sp³-hybridized carbons (Fsp3) is 0.200. The predicted octanol–water partition coefficient (Wildman–Crippen LogP) is 5.00. The van der Waals surface area contributed by atoms with Gasteiger partial charge in [-0.2, -0.15) is 26.3 Å². The Balaban J connectivity index is 2.53. The van der Waals surface area contributed by atoms with Gasteiger partial charge in [-0.1, -0.05) is 23.7 Å². The standard InChI is InChI=1S/C15H9ClF6IN3O/c16-8-5-6-11(24-7-8)25-13(14(17,18)19,15(20,21)22)26-12(27)9-3-1-2-4-10(9)23/h1-7H,(H,24,25)(H,26,27). The van der Waals surface area contributed by atoms with E-state index in [-0.39, 0.29) is 14.2 Å². The summed E-state index contributed by atoms with van der Waals surface area (Å²) in [5.41, 5.74) is -5.11. The van der Waals surface area contributed by atoms with Gasteiger partial charge in [-0.3, -0.25) is 4.79 Å². The average Bonchev–Trinajstić information content (AvgIpc) is 2.54. The lowest BCUT2D eigenvalue weighted by atomic mass is 10.1. The number of aromatic nitrogens is 1. The summed E-state index contributed by atoms with van der Waals surface area (Å²) in [5, 5.41) is 2.33. The van der Waals surface area contributed by atoms with Crippen molar-refractivity contribution in [1.82, 2.24) is 10.3 Å². The lowest BCUT2D eigenvalue weighted by Gasteiger charge is -2.38. The molecule has 2 aromatic rings. The number of nitrogens with zero attached hydrogens (tertiary/aromatic N) is 1. The number of hydrogen-bond donors (Lipinski definition) is 2. The van der Waals surface area contributed by atoms with E-state index in [9.17, 15) is 31.1 Å². The summed E-state index contributed by atoms with van der Waals surface area (Å²) in [6.45, 7) is 0. The van der Waals surface area contributed by atoms with Crippen LogP contribution in [0.1, 0.15) is 10.4 Å². The van der Waals surface area contributed by atoms with Crippen LogP contribution < -0.4 is 10.6 Å². The van der Waals surface area contributed by atoms with Crippen molar-refractivity contribution in [2.45, 2.75) is 18.0 Å². The third-order valence-corrected chi connectivity index (χ3v) is 4.48. The number of carbonyl (C=O) groups excluding carboxylic acids is 1. The van der Waals surface area contributed by atoms with Crippen molar-refractivity contribution in [2.75, 3.05) is 5.32 Å². The molecule has 0 saturated heterocycles. The molecule has 27 heavy (non-hydrogen) atoms. The Labute approximate surface area is 167 Å². The summed E-state index contributed by atoms with van der Waals surface area (Å²) in [6, 6.07) is 7.15. The predicted molar refractivity (Wildman–Crippen MR) is 94.3 cm³/mol. The Bertz CT molecular complexity index is 812. The van der Waals surface area contributed by atoms with Gasteiger partial charge in [0.1, 0.15) is 5.82 Å². The number of carbonyl (C=O) groups is 1. The third-order valence-electron chi connectivity index (χ3n) is 3.31. The van der Waals surface area contributed by atoms with Crippen LogP contribution in [0.4, 0.5) is 32.2 Å². The second-order valence-electron chi connectivity index (χ2n) is 5.17. The fourth-order valence-electron chi connectivity index (χ4n) is 2.00. The Morgan fingerprint density at radius 1 is 1.00 bits per heavy atom. The summed E-state index contributed by atoms with van der Waals surface area (Å²) >= 11 is 7.16. The molecule has 4 nitrogen and oxygen atoms in total. The molecule has 1 amide bonds. The number of amides is 1. The van der Waals surface area contributed by atoms with E-state index < -0.39 is 29.7 Å². The molecule has 1 heterocycles. The van der Waals surface area contributed by atoms with E-state index >= 15 is 0 Å². The maximum atomic E-state index is 13.6. The van der Waals surface area contributed by atoms with Gasteiger partial charge in [0.2, 0.25) is 0 Å². The van der Waals surface area contributed by atoms with Gasteiger partial charge in [0.25, 0.3) is 5.91 Å². The van der Waals surface area contributed by atoms with E-state index in [4.69, 9.17) is 11.6 Å². The van der Waals surface area contributed by atoms with Crippen molar-refractivity contribution < 1.29 is 31.1 Å². The van der Waals surface area contributed by atoms with E-state index in [1.54, 1.807) is 22.6 Å². The molecule has 146 valence electrons. The minimum Gasteiger partial charge on any atom is -0.332 e. The number of halogens is 8. The lowest BCUT2D eigenvalue weighted by molar-refractivity contribution is -0.294. The summed E-state index contributed by atoms with van der Waals surface area (Å²) in [7, 11) is 0. The SMILES string of the molecule is O=C(NC(Nc1ccc(Cl)cn1)(C(F)(F)F)C(F)(F)F)c1ccccc1I. The van der Waals surface area contributed by atoms with Crippen molar-refractivity contribution in [2.24, 2.45) is 0 Å². The summed E-state index contributed by atoms with van der Waals surface area (Å²) in [6.07, 6.45) is -11.0. The van der Waals surface area contributed by atoms with Crippen LogP contribution >= 0.6 is 34.2 Å². The number of anilines is 1. The molecule has 0 aliphatic heterocycles. The van der Waals surface area contributed by atoms with Gasteiger partial charge >= 0.3 is 18.0 Å². The molecule has 12 heteroatoms. The van der Waals surface area contributed by atoms with Gasteiger partial charge in [-0.05, 0) is 46.9 Å². The van der Waals surface area contributed by atoms with Crippen LogP contribution in [-0.4, -0.2) is 28.9 Å². The van der Waals surface area contributed by atoms with Crippen molar-refractivity contribution in [1.29, 1.82) is 0 Å². The molecule has 0 fully saturated rings. The molecule has 1 aromatic heterocycles. The number of benzene rings is 1. The molecule has 0 radical (unpaired) electrons. The Hall–Kier alpha value is -1.76.